The summed E-state index contributed by atoms with van der Waals surface area (Å²) in [4.78, 5) is 10.4. The van der Waals surface area contributed by atoms with Crippen LogP contribution in [0.1, 0.15) is 10.4 Å². The van der Waals surface area contributed by atoms with Gasteiger partial charge in [-0.3, -0.25) is 4.79 Å². The lowest BCUT2D eigenvalue weighted by molar-refractivity contribution is 0.112. The molecule has 0 aliphatic rings. The van der Waals surface area contributed by atoms with Crippen LogP contribution >= 0.6 is 0 Å². The standard InChI is InChI=1S/C11H9NO/c13-9-10-3-5-11(6-4-10)12-7-1-2-8-12/h1-9H. The summed E-state index contributed by atoms with van der Waals surface area (Å²) < 4.78 is 1.99. The maximum absolute atomic E-state index is 10.4. The third kappa shape index (κ3) is 1.51. The summed E-state index contributed by atoms with van der Waals surface area (Å²) in [5.41, 5.74) is 1.77. The molecule has 0 bridgehead atoms. The van der Waals surface area contributed by atoms with Crippen molar-refractivity contribution in [3.63, 3.8) is 0 Å². The van der Waals surface area contributed by atoms with Gasteiger partial charge in [-0.25, -0.2) is 0 Å². The Morgan fingerprint density at radius 3 is 2.15 bits per heavy atom. The normalized spacial score (nSPS) is 9.85. The van der Waals surface area contributed by atoms with Crippen LogP contribution < -0.4 is 0 Å². The fourth-order valence-corrected chi connectivity index (χ4v) is 1.23. The van der Waals surface area contributed by atoms with Crippen molar-refractivity contribution in [3.05, 3.63) is 54.4 Å². The van der Waals surface area contributed by atoms with E-state index < -0.39 is 0 Å². The average Bonchev–Trinajstić information content (AvgIpc) is 2.71. The second-order valence-electron chi connectivity index (χ2n) is 2.80. The Bertz CT molecular complexity index is 387. The first-order chi connectivity index (χ1) is 6.40. The van der Waals surface area contributed by atoms with E-state index in [9.17, 15) is 4.79 Å². The van der Waals surface area contributed by atoms with Crippen molar-refractivity contribution in [3.8, 4) is 5.69 Å². The van der Waals surface area contributed by atoms with Crippen molar-refractivity contribution in [1.82, 2.24) is 4.57 Å². The molecule has 2 nitrogen and oxygen atoms in total. The van der Waals surface area contributed by atoms with E-state index in [-0.39, 0.29) is 0 Å². The third-order valence-corrected chi connectivity index (χ3v) is 1.93. The number of aromatic nitrogens is 1. The largest absolute Gasteiger partial charge is 0.324 e. The molecule has 0 radical (unpaired) electrons. The summed E-state index contributed by atoms with van der Waals surface area (Å²) in [7, 11) is 0. The number of carbonyl (C=O) groups is 1. The monoisotopic (exact) mass is 171 g/mol. The van der Waals surface area contributed by atoms with Crippen LogP contribution in [0.25, 0.3) is 5.69 Å². The lowest BCUT2D eigenvalue weighted by atomic mass is 10.2. The van der Waals surface area contributed by atoms with Crippen LogP contribution in [0.2, 0.25) is 0 Å². The molecule has 1 aromatic heterocycles. The van der Waals surface area contributed by atoms with Gasteiger partial charge in [-0.15, -0.1) is 0 Å². The molecule has 0 spiro atoms. The zero-order valence-electron chi connectivity index (χ0n) is 7.05. The summed E-state index contributed by atoms with van der Waals surface area (Å²) >= 11 is 0. The van der Waals surface area contributed by atoms with Gasteiger partial charge in [0.1, 0.15) is 6.29 Å². The van der Waals surface area contributed by atoms with E-state index >= 15 is 0 Å². The molecule has 64 valence electrons. The summed E-state index contributed by atoms with van der Waals surface area (Å²) in [5.74, 6) is 0. The molecular formula is C11H9NO. The van der Waals surface area contributed by atoms with Gasteiger partial charge < -0.3 is 4.57 Å². The topological polar surface area (TPSA) is 22.0 Å². The highest BCUT2D eigenvalue weighted by Gasteiger charge is 1.93. The molecule has 0 aliphatic carbocycles. The summed E-state index contributed by atoms with van der Waals surface area (Å²) in [5, 5.41) is 0. The Morgan fingerprint density at radius 2 is 1.62 bits per heavy atom. The molecule has 13 heavy (non-hydrogen) atoms. The third-order valence-electron chi connectivity index (χ3n) is 1.93. The minimum Gasteiger partial charge on any atom is -0.324 e. The van der Waals surface area contributed by atoms with E-state index in [0.29, 0.717) is 5.56 Å². The molecule has 0 saturated carbocycles. The highest BCUT2D eigenvalue weighted by molar-refractivity contribution is 5.75. The van der Waals surface area contributed by atoms with Gasteiger partial charge in [-0.1, -0.05) is 0 Å². The van der Waals surface area contributed by atoms with E-state index in [4.69, 9.17) is 0 Å². The molecule has 0 amide bonds. The second-order valence-corrected chi connectivity index (χ2v) is 2.80. The summed E-state index contributed by atoms with van der Waals surface area (Å²) in [6, 6.07) is 11.4. The Kier molecular flexibility index (Phi) is 1.96. The number of benzene rings is 1. The molecule has 1 heterocycles. The minimum absolute atomic E-state index is 0.705. The van der Waals surface area contributed by atoms with Crippen molar-refractivity contribution in [2.75, 3.05) is 0 Å². The van der Waals surface area contributed by atoms with Gasteiger partial charge in [-0.2, -0.15) is 0 Å². The quantitative estimate of drug-likeness (QED) is 0.635. The SMILES string of the molecule is O=Cc1ccc(-n2cccc2)cc1. The zero-order valence-corrected chi connectivity index (χ0v) is 7.05. The van der Waals surface area contributed by atoms with Crippen LogP contribution in [0.3, 0.4) is 0 Å². The van der Waals surface area contributed by atoms with Crippen LogP contribution in [0, 0.1) is 0 Å². The molecular weight excluding hydrogens is 162 g/mol. The van der Waals surface area contributed by atoms with E-state index in [2.05, 4.69) is 0 Å². The number of hydrogen-bond acceptors (Lipinski definition) is 1. The molecule has 0 saturated heterocycles. The van der Waals surface area contributed by atoms with Gasteiger partial charge >= 0.3 is 0 Å². The van der Waals surface area contributed by atoms with Crippen LogP contribution in [0.4, 0.5) is 0 Å². The fourth-order valence-electron chi connectivity index (χ4n) is 1.23. The number of nitrogens with zero attached hydrogens (tertiary/aromatic N) is 1. The molecule has 0 aliphatic heterocycles. The van der Waals surface area contributed by atoms with Crippen molar-refractivity contribution in [2.45, 2.75) is 0 Å². The van der Waals surface area contributed by atoms with Gasteiger partial charge in [0.2, 0.25) is 0 Å². The van der Waals surface area contributed by atoms with Gasteiger partial charge in [-0.05, 0) is 36.4 Å². The predicted molar refractivity (Wildman–Crippen MR) is 51.2 cm³/mol. The number of carbonyl (C=O) groups excluding carboxylic acids is 1. The summed E-state index contributed by atoms with van der Waals surface area (Å²) in [6.45, 7) is 0. The van der Waals surface area contributed by atoms with E-state index in [0.717, 1.165) is 12.0 Å². The van der Waals surface area contributed by atoms with Crippen LogP contribution in [-0.4, -0.2) is 10.9 Å². The Balaban J connectivity index is 2.38. The van der Waals surface area contributed by atoms with E-state index in [1.807, 2.05) is 53.4 Å². The Hall–Kier alpha value is -1.83. The molecule has 2 rings (SSSR count). The number of aldehydes is 1. The van der Waals surface area contributed by atoms with Gasteiger partial charge in [0.15, 0.2) is 0 Å². The fraction of sp³-hybridized carbons (Fsp3) is 0. The number of hydrogen-bond donors (Lipinski definition) is 0. The van der Waals surface area contributed by atoms with Crippen LogP contribution in [0.5, 0.6) is 0 Å². The molecule has 0 N–H and O–H groups in total. The van der Waals surface area contributed by atoms with Crippen molar-refractivity contribution >= 4 is 6.29 Å². The van der Waals surface area contributed by atoms with Gasteiger partial charge in [0.05, 0.1) is 0 Å². The molecule has 0 unspecified atom stereocenters. The highest BCUT2D eigenvalue weighted by atomic mass is 16.1. The van der Waals surface area contributed by atoms with Crippen molar-refractivity contribution < 1.29 is 4.79 Å². The predicted octanol–water partition coefficient (Wildman–Crippen LogP) is 2.29. The van der Waals surface area contributed by atoms with Crippen LogP contribution in [0.15, 0.2) is 48.8 Å². The lowest BCUT2D eigenvalue weighted by Gasteiger charge is -2.01. The zero-order chi connectivity index (χ0) is 9.10. The first-order valence-electron chi connectivity index (χ1n) is 4.09. The molecule has 0 fully saturated rings. The molecule has 2 aromatic rings. The average molecular weight is 171 g/mol. The van der Waals surface area contributed by atoms with Crippen molar-refractivity contribution in [1.29, 1.82) is 0 Å². The molecule has 0 atom stereocenters. The van der Waals surface area contributed by atoms with Crippen LogP contribution in [-0.2, 0) is 0 Å². The first kappa shape index (κ1) is 7.80. The second kappa shape index (κ2) is 3.27. The van der Waals surface area contributed by atoms with E-state index in [1.165, 1.54) is 0 Å². The first-order valence-corrected chi connectivity index (χ1v) is 4.09. The van der Waals surface area contributed by atoms with Gasteiger partial charge in [0.25, 0.3) is 0 Å². The Labute approximate surface area is 76.4 Å². The van der Waals surface area contributed by atoms with Crippen molar-refractivity contribution in [2.24, 2.45) is 0 Å². The minimum atomic E-state index is 0.705. The summed E-state index contributed by atoms with van der Waals surface area (Å²) in [6.07, 6.45) is 4.78. The smallest absolute Gasteiger partial charge is 0.150 e. The Morgan fingerprint density at radius 1 is 1.00 bits per heavy atom. The highest BCUT2D eigenvalue weighted by Crippen LogP contribution is 2.08. The maximum Gasteiger partial charge on any atom is 0.150 e. The number of rotatable bonds is 2. The lowest BCUT2D eigenvalue weighted by Crippen LogP contribution is -1.89. The molecule has 2 heteroatoms. The van der Waals surface area contributed by atoms with Gasteiger partial charge in [0, 0.05) is 23.6 Å². The molecule has 1 aromatic carbocycles. The van der Waals surface area contributed by atoms with E-state index in [1.54, 1.807) is 0 Å². The maximum atomic E-state index is 10.4.